The van der Waals surface area contributed by atoms with Gasteiger partial charge in [-0.2, -0.15) is 0 Å². The fourth-order valence-corrected chi connectivity index (χ4v) is 4.44. The van der Waals surface area contributed by atoms with Gasteiger partial charge in [-0.15, -0.1) is 0 Å². The van der Waals surface area contributed by atoms with E-state index in [0.717, 1.165) is 49.5 Å². The number of nitrogens with zero attached hydrogens (tertiary/aromatic N) is 2. The third-order valence-corrected chi connectivity index (χ3v) is 6.09. The van der Waals surface area contributed by atoms with Crippen LogP contribution in [0.4, 0.5) is 0 Å². The molecule has 1 fully saturated rings. The maximum atomic E-state index is 11.6. The number of ether oxygens (including phenoxy) is 3. The van der Waals surface area contributed by atoms with Crippen molar-refractivity contribution in [2.45, 2.75) is 18.9 Å². The minimum absolute atomic E-state index is 0.444. The maximum Gasteiger partial charge on any atom is 0.344 e. The van der Waals surface area contributed by atoms with Crippen LogP contribution in [0, 0.1) is 0 Å². The molecular weight excluding hydrogens is 440 g/mol. The van der Waals surface area contributed by atoms with Gasteiger partial charge >= 0.3 is 5.97 Å². The number of carboxylic acid groups (broad SMARTS) is 1. The molecule has 1 aliphatic heterocycles. The lowest BCUT2D eigenvalue weighted by atomic mass is 10.2. The van der Waals surface area contributed by atoms with E-state index in [0.29, 0.717) is 28.1 Å². The van der Waals surface area contributed by atoms with Gasteiger partial charge < -0.3 is 19.3 Å². The summed E-state index contributed by atoms with van der Waals surface area (Å²) in [5, 5.41) is 10.7. The highest BCUT2D eigenvalue weighted by atomic mass is 35.5. The summed E-state index contributed by atoms with van der Waals surface area (Å²) in [6.45, 7) is 4.09. The number of carboxylic acids is 1. The van der Waals surface area contributed by atoms with Crippen LogP contribution in [0.5, 0.6) is 16.7 Å². The van der Waals surface area contributed by atoms with Gasteiger partial charge in [0.05, 0.1) is 23.4 Å². The number of rotatable bonds is 9. The van der Waals surface area contributed by atoms with Gasteiger partial charge in [-0.3, -0.25) is 4.90 Å². The number of halogens is 1. The van der Waals surface area contributed by atoms with Gasteiger partial charge in [0.1, 0.15) is 11.5 Å². The molecule has 0 bridgehead atoms. The predicted octanol–water partition coefficient (Wildman–Crippen LogP) is 4.69. The summed E-state index contributed by atoms with van der Waals surface area (Å²) in [5.74, 6) is 0.120. The number of thiazole rings is 1. The second-order valence-electron chi connectivity index (χ2n) is 7.21. The molecule has 2 aromatic carbocycles. The first-order valence-electron chi connectivity index (χ1n) is 10.1. The third kappa shape index (κ3) is 6.07. The zero-order valence-electron chi connectivity index (χ0n) is 16.8. The number of benzene rings is 2. The summed E-state index contributed by atoms with van der Waals surface area (Å²) in [6.07, 6.45) is 0.306. The monoisotopic (exact) mass is 462 g/mol. The third-order valence-electron chi connectivity index (χ3n) is 4.96. The summed E-state index contributed by atoms with van der Waals surface area (Å²) in [7, 11) is 0. The first-order chi connectivity index (χ1) is 15.1. The van der Waals surface area contributed by atoms with Crippen molar-refractivity contribution in [3.8, 4) is 16.7 Å². The lowest BCUT2D eigenvalue weighted by Crippen LogP contribution is -2.37. The topological polar surface area (TPSA) is 81.1 Å². The number of carbonyl (C=O) groups is 1. The Hall–Kier alpha value is -2.39. The number of morpholine rings is 1. The predicted molar refractivity (Wildman–Crippen MR) is 120 cm³/mol. The van der Waals surface area contributed by atoms with Gasteiger partial charge in [-0.1, -0.05) is 22.9 Å². The quantitative estimate of drug-likeness (QED) is 0.494. The summed E-state index contributed by atoms with van der Waals surface area (Å²) in [4.78, 5) is 18.3. The van der Waals surface area contributed by atoms with E-state index in [-0.39, 0.29) is 0 Å². The van der Waals surface area contributed by atoms with E-state index in [9.17, 15) is 9.90 Å². The molecule has 1 atom stereocenters. The average molecular weight is 463 g/mol. The molecule has 0 aliphatic carbocycles. The van der Waals surface area contributed by atoms with Crippen molar-refractivity contribution >= 4 is 39.1 Å². The summed E-state index contributed by atoms with van der Waals surface area (Å²) >= 11 is 7.42. The number of hydrogen-bond donors (Lipinski definition) is 1. The molecule has 2 heterocycles. The fourth-order valence-electron chi connectivity index (χ4n) is 3.33. The van der Waals surface area contributed by atoms with E-state index in [1.165, 1.54) is 11.3 Å². The molecule has 164 valence electrons. The Morgan fingerprint density at radius 1 is 1.19 bits per heavy atom. The zero-order chi connectivity index (χ0) is 21.6. The molecule has 1 unspecified atom stereocenters. The van der Waals surface area contributed by atoms with E-state index in [1.807, 2.05) is 12.1 Å². The van der Waals surface area contributed by atoms with Crippen molar-refractivity contribution in [2.24, 2.45) is 0 Å². The second-order valence-corrected chi connectivity index (χ2v) is 8.64. The van der Waals surface area contributed by atoms with E-state index >= 15 is 0 Å². The Morgan fingerprint density at radius 2 is 1.94 bits per heavy atom. The van der Waals surface area contributed by atoms with Crippen LogP contribution in [0.3, 0.4) is 0 Å². The van der Waals surface area contributed by atoms with Crippen molar-refractivity contribution in [2.75, 3.05) is 32.8 Å². The van der Waals surface area contributed by atoms with E-state index in [4.69, 9.17) is 25.8 Å². The van der Waals surface area contributed by atoms with Crippen molar-refractivity contribution in [3.05, 3.63) is 47.5 Å². The van der Waals surface area contributed by atoms with E-state index < -0.39 is 12.1 Å². The van der Waals surface area contributed by atoms with Crippen LogP contribution in [0.1, 0.15) is 12.8 Å². The van der Waals surface area contributed by atoms with Crippen LogP contribution in [0.25, 0.3) is 10.2 Å². The maximum absolute atomic E-state index is 11.6. The molecule has 9 heteroatoms. The van der Waals surface area contributed by atoms with Crippen LogP contribution < -0.4 is 9.47 Å². The Bertz CT molecular complexity index is 1020. The van der Waals surface area contributed by atoms with Crippen LogP contribution in [-0.4, -0.2) is 59.9 Å². The number of aromatic nitrogens is 1. The summed E-state index contributed by atoms with van der Waals surface area (Å²) < 4.78 is 17.8. The average Bonchev–Trinajstić information content (AvgIpc) is 3.16. The first-order valence-corrected chi connectivity index (χ1v) is 11.3. The van der Waals surface area contributed by atoms with Gasteiger partial charge in [-0.05, 0) is 61.9 Å². The highest BCUT2D eigenvalue weighted by Crippen LogP contribution is 2.33. The van der Waals surface area contributed by atoms with Gasteiger partial charge in [0, 0.05) is 18.1 Å². The highest BCUT2D eigenvalue weighted by Gasteiger charge is 2.20. The SMILES string of the molecule is O=C(O)C(CCCN1CCOCC1)Oc1ccc(Oc2nc3ccc(Cl)cc3s2)cc1. The molecule has 3 aromatic rings. The van der Waals surface area contributed by atoms with Crippen molar-refractivity contribution in [1.82, 2.24) is 9.88 Å². The molecule has 1 N–H and O–H groups in total. The van der Waals surface area contributed by atoms with Gasteiger partial charge in [0.15, 0.2) is 6.10 Å². The largest absolute Gasteiger partial charge is 0.479 e. The highest BCUT2D eigenvalue weighted by molar-refractivity contribution is 7.20. The molecule has 0 radical (unpaired) electrons. The standard InChI is InChI=1S/C22H23ClN2O5S/c23-15-3-8-18-20(14-15)31-22(24-18)30-17-6-4-16(5-7-17)29-19(21(26)27)2-1-9-25-10-12-28-13-11-25/h3-8,14,19H,1-2,9-13H2,(H,26,27). The van der Waals surface area contributed by atoms with Crippen molar-refractivity contribution in [3.63, 3.8) is 0 Å². The zero-order valence-corrected chi connectivity index (χ0v) is 18.4. The fraction of sp³-hybridized carbons (Fsp3) is 0.364. The van der Waals surface area contributed by atoms with E-state index in [1.54, 1.807) is 30.3 Å². The Kier molecular flexibility index (Phi) is 7.24. The molecule has 1 aromatic heterocycles. The van der Waals surface area contributed by atoms with Gasteiger partial charge in [-0.25, -0.2) is 9.78 Å². The van der Waals surface area contributed by atoms with Gasteiger partial charge in [0.25, 0.3) is 5.19 Å². The van der Waals surface area contributed by atoms with Crippen molar-refractivity contribution < 1.29 is 24.1 Å². The normalized spacial score (nSPS) is 15.6. The molecule has 0 amide bonds. The minimum atomic E-state index is -0.963. The molecule has 7 nitrogen and oxygen atoms in total. The first kappa shape index (κ1) is 21.8. The second kappa shape index (κ2) is 10.3. The number of hydrogen-bond acceptors (Lipinski definition) is 7. The number of aliphatic carboxylic acids is 1. The molecule has 1 saturated heterocycles. The van der Waals surface area contributed by atoms with Crippen LogP contribution in [-0.2, 0) is 9.53 Å². The molecule has 31 heavy (non-hydrogen) atoms. The Balaban J connectivity index is 1.31. The van der Waals surface area contributed by atoms with Crippen LogP contribution in [0.2, 0.25) is 5.02 Å². The van der Waals surface area contributed by atoms with Crippen molar-refractivity contribution in [1.29, 1.82) is 0 Å². The number of fused-ring (bicyclic) bond motifs is 1. The molecule has 0 saturated carbocycles. The minimum Gasteiger partial charge on any atom is -0.479 e. The molecular formula is C22H23ClN2O5S. The molecule has 1 aliphatic rings. The summed E-state index contributed by atoms with van der Waals surface area (Å²) in [6, 6.07) is 12.4. The lowest BCUT2D eigenvalue weighted by molar-refractivity contribution is -0.145. The Morgan fingerprint density at radius 3 is 2.68 bits per heavy atom. The summed E-state index contributed by atoms with van der Waals surface area (Å²) in [5.41, 5.74) is 0.825. The molecule has 4 rings (SSSR count). The van der Waals surface area contributed by atoms with E-state index in [2.05, 4.69) is 9.88 Å². The van der Waals surface area contributed by atoms with Crippen LogP contribution in [0.15, 0.2) is 42.5 Å². The molecule has 0 spiro atoms. The smallest absolute Gasteiger partial charge is 0.344 e. The lowest BCUT2D eigenvalue weighted by Gasteiger charge is -2.26. The Labute approximate surface area is 189 Å². The van der Waals surface area contributed by atoms with Gasteiger partial charge in [0.2, 0.25) is 0 Å². The van der Waals surface area contributed by atoms with Crippen LogP contribution >= 0.6 is 22.9 Å².